The van der Waals surface area contributed by atoms with Crippen LogP contribution in [0.25, 0.3) is 0 Å². The number of hydrogen-bond donors (Lipinski definition) is 1. The fourth-order valence-corrected chi connectivity index (χ4v) is 2.12. The highest BCUT2D eigenvalue weighted by Gasteiger charge is 2.18. The van der Waals surface area contributed by atoms with Crippen molar-refractivity contribution in [2.75, 3.05) is 26.1 Å². The van der Waals surface area contributed by atoms with E-state index in [1.165, 1.54) is 13.2 Å². The van der Waals surface area contributed by atoms with Crippen molar-refractivity contribution in [3.63, 3.8) is 0 Å². The predicted octanol–water partition coefficient (Wildman–Crippen LogP) is 3.30. The second-order valence-corrected chi connectivity index (χ2v) is 4.74. The van der Waals surface area contributed by atoms with Crippen molar-refractivity contribution in [1.29, 1.82) is 0 Å². The highest BCUT2D eigenvalue weighted by molar-refractivity contribution is 5.58. The summed E-state index contributed by atoms with van der Waals surface area (Å²) in [4.78, 5) is 10.4. The van der Waals surface area contributed by atoms with E-state index in [-0.39, 0.29) is 17.5 Å². The van der Waals surface area contributed by atoms with E-state index in [0.717, 1.165) is 11.5 Å². The molecule has 2 aromatic rings. The maximum atomic E-state index is 10.9. The molecule has 0 amide bonds. The minimum atomic E-state index is -0.481. The van der Waals surface area contributed by atoms with E-state index in [2.05, 4.69) is 5.32 Å². The van der Waals surface area contributed by atoms with Crippen LogP contribution in [0.5, 0.6) is 5.75 Å². The maximum absolute atomic E-state index is 10.9. The van der Waals surface area contributed by atoms with Crippen molar-refractivity contribution in [2.45, 2.75) is 13.0 Å². The quantitative estimate of drug-likeness (QED) is 0.624. The van der Waals surface area contributed by atoms with Gasteiger partial charge in [-0.1, -0.05) is 0 Å². The zero-order chi connectivity index (χ0) is 16.1. The Bertz CT molecular complexity index is 653. The predicted molar refractivity (Wildman–Crippen MR) is 81.3 cm³/mol. The first-order valence-electron chi connectivity index (χ1n) is 6.69. The fraction of sp³-hybridized carbons (Fsp3) is 0.333. The number of nitrogens with zero attached hydrogens (tertiary/aromatic N) is 1. The Morgan fingerprint density at radius 2 is 2.09 bits per heavy atom. The Labute approximate surface area is 128 Å². The van der Waals surface area contributed by atoms with Gasteiger partial charge in [-0.15, -0.1) is 0 Å². The number of aryl methyl sites for hydroxylation is 1. The van der Waals surface area contributed by atoms with Crippen LogP contribution in [0.4, 0.5) is 11.4 Å². The Kier molecular flexibility index (Phi) is 5.00. The lowest BCUT2D eigenvalue weighted by Crippen LogP contribution is -2.15. The van der Waals surface area contributed by atoms with E-state index in [0.29, 0.717) is 12.3 Å². The molecule has 7 heteroatoms. The summed E-state index contributed by atoms with van der Waals surface area (Å²) in [6.07, 6.45) is 0. The van der Waals surface area contributed by atoms with Crippen LogP contribution in [0, 0.1) is 17.0 Å². The van der Waals surface area contributed by atoms with E-state index in [4.69, 9.17) is 13.9 Å². The van der Waals surface area contributed by atoms with Crippen LogP contribution in [0.2, 0.25) is 0 Å². The molecule has 0 fully saturated rings. The molecule has 7 nitrogen and oxygen atoms in total. The lowest BCUT2D eigenvalue weighted by molar-refractivity contribution is -0.385. The van der Waals surface area contributed by atoms with Gasteiger partial charge >= 0.3 is 5.69 Å². The number of nitrogens with one attached hydrogen (secondary N) is 1. The molecule has 0 aliphatic carbocycles. The molecule has 2 rings (SSSR count). The normalized spacial score (nSPS) is 12.0. The maximum Gasteiger partial charge on any atom is 0.311 e. The molecule has 118 valence electrons. The van der Waals surface area contributed by atoms with E-state index >= 15 is 0 Å². The van der Waals surface area contributed by atoms with Crippen molar-refractivity contribution in [3.05, 3.63) is 52.0 Å². The molecule has 1 atom stereocenters. The molecular weight excluding hydrogens is 288 g/mol. The summed E-state index contributed by atoms with van der Waals surface area (Å²) in [7, 11) is 3.00. The van der Waals surface area contributed by atoms with E-state index in [1.807, 2.05) is 19.1 Å². The first-order valence-corrected chi connectivity index (χ1v) is 6.69. The zero-order valence-corrected chi connectivity index (χ0v) is 12.7. The smallest absolute Gasteiger partial charge is 0.311 e. The molecule has 0 saturated heterocycles. The zero-order valence-electron chi connectivity index (χ0n) is 12.7. The minimum Gasteiger partial charge on any atom is -0.490 e. The van der Waals surface area contributed by atoms with Gasteiger partial charge in [0.2, 0.25) is 0 Å². The standard InChI is InChI=1S/C15H18N2O5/c1-10-4-7-14(22-10)12(9-20-2)16-11-5-6-13(17(18)19)15(8-11)21-3/h4-8,12,16H,9H2,1-3H3. The van der Waals surface area contributed by atoms with Crippen molar-refractivity contribution in [1.82, 2.24) is 0 Å². The highest BCUT2D eigenvalue weighted by Crippen LogP contribution is 2.31. The summed E-state index contributed by atoms with van der Waals surface area (Å²) >= 11 is 0. The van der Waals surface area contributed by atoms with Gasteiger partial charge in [0.1, 0.15) is 17.6 Å². The summed E-state index contributed by atoms with van der Waals surface area (Å²) in [5.41, 5.74) is 0.601. The van der Waals surface area contributed by atoms with Crippen LogP contribution in [0.3, 0.4) is 0 Å². The Morgan fingerprint density at radius 1 is 1.32 bits per heavy atom. The summed E-state index contributed by atoms with van der Waals surface area (Å²) in [6.45, 7) is 2.26. The van der Waals surface area contributed by atoms with Crippen LogP contribution in [-0.4, -0.2) is 25.7 Å². The Morgan fingerprint density at radius 3 is 2.64 bits per heavy atom. The average molecular weight is 306 g/mol. The number of hydrogen-bond acceptors (Lipinski definition) is 6. The number of nitro benzene ring substituents is 1. The number of methoxy groups -OCH3 is 2. The van der Waals surface area contributed by atoms with Crippen molar-refractivity contribution in [3.8, 4) is 5.75 Å². The van der Waals surface area contributed by atoms with Gasteiger partial charge in [-0.25, -0.2) is 0 Å². The van der Waals surface area contributed by atoms with Gasteiger partial charge in [0, 0.05) is 24.9 Å². The molecule has 22 heavy (non-hydrogen) atoms. The lowest BCUT2D eigenvalue weighted by Gasteiger charge is -2.17. The third-order valence-electron chi connectivity index (χ3n) is 3.16. The second-order valence-electron chi connectivity index (χ2n) is 4.74. The van der Waals surface area contributed by atoms with Gasteiger partial charge in [0.05, 0.1) is 18.6 Å². The molecule has 0 aliphatic heterocycles. The van der Waals surface area contributed by atoms with Crippen LogP contribution in [0.15, 0.2) is 34.7 Å². The summed E-state index contributed by atoms with van der Waals surface area (Å²) in [5, 5.41) is 14.1. The van der Waals surface area contributed by atoms with Gasteiger partial charge in [-0.2, -0.15) is 0 Å². The summed E-state index contributed by atoms with van der Waals surface area (Å²) in [6, 6.07) is 8.14. The molecule has 1 N–H and O–H groups in total. The number of ether oxygens (including phenoxy) is 2. The highest BCUT2D eigenvalue weighted by atomic mass is 16.6. The van der Waals surface area contributed by atoms with Crippen LogP contribution in [0.1, 0.15) is 17.6 Å². The monoisotopic (exact) mass is 306 g/mol. The topological polar surface area (TPSA) is 86.8 Å². The SMILES string of the molecule is COCC(Nc1ccc([N+](=O)[O-])c(OC)c1)c1ccc(C)o1. The summed E-state index contributed by atoms with van der Waals surface area (Å²) < 4.78 is 15.9. The second kappa shape index (κ2) is 6.95. The molecule has 0 bridgehead atoms. The molecule has 0 aliphatic rings. The van der Waals surface area contributed by atoms with Gasteiger partial charge in [0.15, 0.2) is 5.75 Å². The van der Waals surface area contributed by atoms with E-state index in [9.17, 15) is 10.1 Å². The fourth-order valence-electron chi connectivity index (χ4n) is 2.12. The van der Waals surface area contributed by atoms with Crippen LogP contribution >= 0.6 is 0 Å². The van der Waals surface area contributed by atoms with Gasteiger partial charge in [0.25, 0.3) is 0 Å². The van der Waals surface area contributed by atoms with Crippen molar-refractivity contribution < 1.29 is 18.8 Å². The third kappa shape index (κ3) is 3.56. The molecule has 1 unspecified atom stereocenters. The van der Waals surface area contributed by atoms with Crippen LogP contribution in [-0.2, 0) is 4.74 Å². The average Bonchev–Trinajstić information content (AvgIpc) is 2.93. The lowest BCUT2D eigenvalue weighted by atomic mass is 10.2. The van der Waals surface area contributed by atoms with Crippen LogP contribution < -0.4 is 10.1 Å². The first kappa shape index (κ1) is 15.8. The van der Waals surface area contributed by atoms with E-state index in [1.54, 1.807) is 19.2 Å². The van der Waals surface area contributed by atoms with E-state index < -0.39 is 4.92 Å². The van der Waals surface area contributed by atoms with Crippen molar-refractivity contribution in [2.24, 2.45) is 0 Å². The molecular formula is C15H18N2O5. The molecule has 1 aromatic carbocycles. The number of furan rings is 1. The number of anilines is 1. The Balaban J connectivity index is 2.24. The number of nitro groups is 1. The third-order valence-corrected chi connectivity index (χ3v) is 3.16. The van der Waals surface area contributed by atoms with Gasteiger partial charge in [-0.05, 0) is 25.1 Å². The van der Waals surface area contributed by atoms with Crippen molar-refractivity contribution >= 4 is 11.4 Å². The molecule has 1 aromatic heterocycles. The Hall–Kier alpha value is -2.54. The number of rotatable bonds is 7. The van der Waals surface area contributed by atoms with Gasteiger partial charge in [-0.3, -0.25) is 10.1 Å². The van der Waals surface area contributed by atoms with Gasteiger partial charge < -0.3 is 19.2 Å². The largest absolute Gasteiger partial charge is 0.490 e. The molecule has 0 radical (unpaired) electrons. The molecule has 0 saturated carbocycles. The molecule has 1 heterocycles. The summed E-state index contributed by atoms with van der Waals surface area (Å²) in [5.74, 6) is 1.73. The first-order chi connectivity index (χ1) is 10.5. The minimum absolute atomic E-state index is 0.0785. The molecule has 0 spiro atoms. The number of benzene rings is 1.